The number of carbonyl (C=O) groups excluding carboxylic acids is 1. The van der Waals surface area contributed by atoms with Crippen molar-refractivity contribution in [2.75, 3.05) is 6.61 Å². The van der Waals surface area contributed by atoms with Crippen molar-refractivity contribution in [2.24, 2.45) is 0 Å². The van der Waals surface area contributed by atoms with Gasteiger partial charge in [0.15, 0.2) is 0 Å². The van der Waals surface area contributed by atoms with Gasteiger partial charge in [-0.15, -0.1) is 0 Å². The van der Waals surface area contributed by atoms with E-state index in [0.717, 1.165) is 0 Å². The summed E-state index contributed by atoms with van der Waals surface area (Å²) in [6.45, 7) is 1.15. The van der Waals surface area contributed by atoms with Gasteiger partial charge in [-0.2, -0.15) is 30.7 Å². The van der Waals surface area contributed by atoms with Gasteiger partial charge < -0.3 is 4.74 Å². The smallest absolute Gasteiger partial charge is 0.459 e. The van der Waals surface area contributed by atoms with E-state index in [4.69, 9.17) is 0 Å². The molecule has 0 rings (SSSR count). The zero-order chi connectivity index (χ0) is 13.9. The summed E-state index contributed by atoms with van der Waals surface area (Å²) >= 11 is 0. The molecule has 0 saturated heterocycles. The normalized spacial score (nSPS) is 13.6. The lowest BCUT2D eigenvalue weighted by atomic mass is 10.1. The van der Waals surface area contributed by atoms with Crippen molar-refractivity contribution >= 4 is 5.97 Å². The Bertz CT molecular complexity index is 272. The summed E-state index contributed by atoms with van der Waals surface area (Å²) in [6, 6.07) is 0. The molecule has 0 aliphatic carbocycles. The number of hydrogen-bond donors (Lipinski definition) is 0. The number of carbonyl (C=O) groups is 1. The van der Waals surface area contributed by atoms with Crippen molar-refractivity contribution in [3.63, 3.8) is 0 Å². The first kappa shape index (κ1) is 16.0. The molecule has 0 bridgehead atoms. The molecule has 17 heavy (non-hydrogen) atoms. The van der Waals surface area contributed by atoms with Gasteiger partial charge in [0.25, 0.3) is 0 Å². The lowest BCUT2D eigenvalue weighted by Gasteiger charge is -2.27. The molecule has 2 nitrogen and oxygen atoms in total. The third-order valence-corrected chi connectivity index (χ3v) is 1.76. The van der Waals surface area contributed by atoms with Crippen LogP contribution in [0.1, 0.15) is 19.8 Å². The highest BCUT2D eigenvalue weighted by Crippen LogP contribution is 2.48. The Balaban J connectivity index is 4.63. The van der Waals surface area contributed by atoms with Crippen LogP contribution in [0.2, 0.25) is 0 Å². The van der Waals surface area contributed by atoms with Crippen molar-refractivity contribution in [3.8, 4) is 0 Å². The van der Waals surface area contributed by atoms with Crippen LogP contribution >= 0.6 is 0 Å². The Hall–Kier alpha value is -1.02. The van der Waals surface area contributed by atoms with E-state index < -0.39 is 36.8 Å². The number of rotatable bonds is 5. The molecule has 0 aromatic carbocycles. The summed E-state index contributed by atoms with van der Waals surface area (Å²) in [6.07, 6.45) is -9.52. The molecule has 0 unspecified atom stereocenters. The third kappa shape index (κ3) is 3.74. The molecule has 102 valence electrons. The predicted octanol–water partition coefficient (Wildman–Crippen LogP) is 3.16. The largest absolute Gasteiger partial charge is 0.466 e. The Morgan fingerprint density at radius 2 is 1.53 bits per heavy atom. The molecule has 9 heteroatoms. The fraction of sp³-hybridized carbons (Fsp3) is 0.875. The SMILES string of the molecule is CCOC(=O)CCC(F)(F)C(F)(F)C(F)(F)F. The van der Waals surface area contributed by atoms with Gasteiger partial charge in [-0.05, 0) is 6.92 Å². The topological polar surface area (TPSA) is 26.3 Å². The van der Waals surface area contributed by atoms with E-state index in [0.29, 0.717) is 0 Å². The molecule has 0 heterocycles. The van der Waals surface area contributed by atoms with Gasteiger partial charge in [0.05, 0.1) is 13.0 Å². The van der Waals surface area contributed by atoms with Crippen molar-refractivity contribution in [3.05, 3.63) is 0 Å². The van der Waals surface area contributed by atoms with E-state index in [-0.39, 0.29) is 6.61 Å². The van der Waals surface area contributed by atoms with Gasteiger partial charge in [-0.1, -0.05) is 0 Å². The van der Waals surface area contributed by atoms with Gasteiger partial charge in [-0.3, -0.25) is 4.79 Å². The Morgan fingerprint density at radius 1 is 1.06 bits per heavy atom. The van der Waals surface area contributed by atoms with Gasteiger partial charge in [0.1, 0.15) is 0 Å². The van der Waals surface area contributed by atoms with E-state index in [9.17, 15) is 35.5 Å². The zero-order valence-corrected chi connectivity index (χ0v) is 8.58. The Labute approximate surface area is 91.7 Å². The van der Waals surface area contributed by atoms with Crippen LogP contribution in [0, 0.1) is 0 Å². The first-order valence-corrected chi connectivity index (χ1v) is 4.43. The van der Waals surface area contributed by atoms with Crippen LogP contribution < -0.4 is 0 Å². The molecule has 0 fully saturated rings. The predicted molar refractivity (Wildman–Crippen MR) is 41.8 cm³/mol. The van der Waals surface area contributed by atoms with Crippen LogP contribution in [-0.4, -0.2) is 30.6 Å². The van der Waals surface area contributed by atoms with Gasteiger partial charge in [0, 0.05) is 6.42 Å². The fourth-order valence-corrected chi connectivity index (χ4v) is 0.857. The average molecular weight is 270 g/mol. The summed E-state index contributed by atoms with van der Waals surface area (Å²) < 4.78 is 89.0. The highest BCUT2D eigenvalue weighted by Gasteiger charge is 2.72. The maximum absolute atomic E-state index is 12.6. The second-order valence-electron chi connectivity index (χ2n) is 3.08. The molecule has 0 saturated carbocycles. The van der Waals surface area contributed by atoms with Crippen LogP contribution in [0.4, 0.5) is 30.7 Å². The van der Waals surface area contributed by atoms with Crippen LogP contribution in [0.5, 0.6) is 0 Å². The van der Waals surface area contributed by atoms with Crippen molar-refractivity contribution < 1.29 is 40.3 Å². The lowest BCUT2D eigenvalue weighted by Crippen LogP contribution is -2.52. The number of halogens is 7. The maximum atomic E-state index is 12.6. The number of alkyl halides is 7. The standard InChI is InChI=1S/C8H9F7O2/c1-2-17-5(16)3-4-6(9,10)7(11,12)8(13,14)15/h2-4H2,1H3. The molecule has 0 atom stereocenters. The third-order valence-electron chi connectivity index (χ3n) is 1.76. The molecular weight excluding hydrogens is 261 g/mol. The monoisotopic (exact) mass is 270 g/mol. The summed E-state index contributed by atoms with van der Waals surface area (Å²) in [4.78, 5) is 10.6. The van der Waals surface area contributed by atoms with Crippen LogP contribution in [-0.2, 0) is 9.53 Å². The second kappa shape index (κ2) is 5.09. The first-order valence-electron chi connectivity index (χ1n) is 4.43. The first-order chi connectivity index (χ1) is 7.45. The molecule has 0 amide bonds. The van der Waals surface area contributed by atoms with E-state index >= 15 is 0 Å². The highest BCUT2D eigenvalue weighted by molar-refractivity contribution is 5.69. The van der Waals surface area contributed by atoms with Gasteiger partial charge in [-0.25, -0.2) is 0 Å². The van der Waals surface area contributed by atoms with E-state index in [2.05, 4.69) is 4.74 Å². The zero-order valence-electron chi connectivity index (χ0n) is 8.58. The quantitative estimate of drug-likeness (QED) is 0.566. The van der Waals surface area contributed by atoms with Gasteiger partial charge in [0.2, 0.25) is 0 Å². The minimum Gasteiger partial charge on any atom is -0.466 e. The minimum absolute atomic E-state index is 0.180. The molecule has 0 N–H and O–H groups in total. The molecule has 0 radical (unpaired) electrons. The molecule has 0 aliphatic rings. The van der Waals surface area contributed by atoms with Crippen LogP contribution in [0.15, 0.2) is 0 Å². The van der Waals surface area contributed by atoms with E-state index in [1.807, 2.05) is 0 Å². The van der Waals surface area contributed by atoms with Crippen LogP contribution in [0.25, 0.3) is 0 Å². The minimum atomic E-state index is -6.37. The van der Waals surface area contributed by atoms with Crippen LogP contribution in [0.3, 0.4) is 0 Å². The Kier molecular flexibility index (Phi) is 4.79. The lowest BCUT2D eigenvalue weighted by molar-refractivity contribution is -0.355. The second-order valence-corrected chi connectivity index (χ2v) is 3.08. The van der Waals surface area contributed by atoms with Crippen molar-refractivity contribution in [1.82, 2.24) is 0 Å². The summed E-state index contributed by atoms with van der Waals surface area (Å²) in [7, 11) is 0. The van der Waals surface area contributed by atoms with Gasteiger partial charge >= 0.3 is 24.0 Å². The molecular formula is C8H9F7O2. The van der Waals surface area contributed by atoms with E-state index in [1.165, 1.54) is 6.92 Å². The number of hydrogen-bond acceptors (Lipinski definition) is 2. The Morgan fingerprint density at radius 3 is 1.88 bits per heavy atom. The maximum Gasteiger partial charge on any atom is 0.459 e. The summed E-state index contributed by atoms with van der Waals surface area (Å²) in [5.74, 6) is -12.8. The molecule has 0 spiro atoms. The van der Waals surface area contributed by atoms with Crippen molar-refractivity contribution in [1.29, 1.82) is 0 Å². The average Bonchev–Trinajstić information content (AvgIpc) is 2.13. The number of ether oxygens (including phenoxy) is 1. The molecule has 0 aromatic rings. The molecule has 0 aliphatic heterocycles. The highest BCUT2D eigenvalue weighted by atomic mass is 19.4. The summed E-state index contributed by atoms with van der Waals surface area (Å²) in [5, 5.41) is 0. The molecule has 0 aromatic heterocycles. The van der Waals surface area contributed by atoms with Crippen molar-refractivity contribution in [2.45, 2.75) is 37.8 Å². The van der Waals surface area contributed by atoms with E-state index in [1.54, 1.807) is 0 Å². The summed E-state index contributed by atoms with van der Waals surface area (Å²) in [5.41, 5.74) is 0. The number of esters is 1. The fourth-order valence-electron chi connectivity index (χ4n) is 0.857.